The number of ether oxygens (including phenoxy) is 2. The Morgan fingerprint density at radius 2 is 1.97 bits per heavy atom. The van der Waals surface area contributed by atoms with Gasteiger partial charge in [0.1, 0.15) is 11.4 Å². The number of para-hydroxylation sites is 2. The fourth-order valence-electron chi connectivity index (χ4n) is 3.49. The molecule has 3 rings (SSSR count). The highest BCUT2D eigenvalue weighted by Crippen LogP contribution is 2.35. The maximum absolute atomic E-state index is 13.5. The zero-order valence-corrected chi connectivity index (χ0v) is 17.2. The molecule has 8 heteroatoms. The van der Waals surface area contributed by atoms with Gasteiger partial charge in [0, 0.05) is 19.8 Å². The predicted molar refractivity (Wildman–Crippen MR) is 107 cm³/mol. The van der Waals surface area contributed by atoms with Gasteiger partial charge < -0.3 is 19.4 Å². The Morgan fingerprint density at radius 3 is 2.59 bits per heavy atom. The second-order valence-electron chi connectivity index (χ2n) is 7.05. The van der Waals surface area contributed by atoms with Crippen molar-refractivity contribution in [1.29, 1.82) is 0 Å². The number of nitrogens with one attached hydrogen (secondary N) is 1. The number of nitrogens with zero attached hydrogens (tertiary/aromatic N) is 2. The van der Waals surface area contributed by atoms with Gasteiger partial charge in [-0.1, -0.05) is 19.1 Å². The first-order valence-electron chi connectivity index (χ1n) is 9.38. The van der Waals surface area contributed by atoms with Gasteiger partial charge in [0.05, 0.1) is 24.9 Å². The Hall–Kier alpha value is -3.29. The number of rotatable bonds is 4. The maximum Gasteiger partial charge on any atom is 0.339 e. The van der Waals surface area contributed by atoms with Crippen LogP contribution in [0.5, 0.6) is 5.75 Å². The Balaban J connectivity index is 2.05. The highest BCUT2D eigenvalue weighted by Gasteiger charge is 2.36. The normalized spacial score (nSPS) is 15.3. The van der Waals surface area contributed by atoms with E-state index in [0.29, 0.717) is 40.4 Å². The van der Waals surface area contributed by atoms with Crippen LogP contribution >= 0.6 is 0 Å². The van der Waals surface area contributed by atoms with E-state index in [1.54, 1.807) is 45.3 Å². The van der Waals surface area contributed by atoms with Crippen LogP contribution in [0, 0.1) is 6.92 Å². The summed E-state index contributed by atoms with van der Waals surface area (Å²) in [5.41, 5.74) is 2.42. The number of esters is 1. The highest BCUT2D eigenvalue weighted by atomic mass is 16.5. The summed E-state index contributed by atoms with van der Waals surface area (Å²) in [6.07, 6.45) is -0.273. The van der Waals surface area contributed by atoms with E-state index in [1.807, 2.05) is 6.92 Å². The standard InChI is InChI=1S/C21H25N3O5/c1-6-13-17(21(27)28-5)12(2)18(22-13)20(26)24-11-16(19(25)23(3)4)29-15-10-8-7-9-14(15)24/h7-10,16,22H,6,11H2,1-5H3/t16-/m1/s1. The Morgan fingerprint density at radius 1 is 1.28 bits per heavy atom. The number of aromatic nitrogens is 1. The van der Waals surface area contributed by atoms with Crippen LogP contribution in [0.25, 0.3) is 0 Å². The lowest BCUT2D eigenvalue weighted by atomic mass is 10.1. The highest BCUT2D eigenvalue weighted by molar-refractivity contribution is 6.09. The van der Waals surface area contributed by atoms with Gasteiger partial charge in [0.15, 0.2) is 6.10 Å². The van der Waals surface area contributed by atoms with Crippen molar-refractivity contribution in [2.24, 2.45) is 0 Å². The van der Waals surface area contributed by atoms with Crippen LogP contribution in [0.15, 0.2) is 24.3 Å². The van der Waals surface area contributed by atoms with Crippen LogP contribution in [0.4, 0.5) is 5.69 Å². The van der Waals surface area contributed by atoms with Crippen molar-refractivity contribution in [3.63, 3.8) is 0 Å². The summed E-state index contributed by atoms with van der Waals surface area (Å²) in [5.74, 6) is -0.595. The molecule has 0 fully saturated rings. The molecule has 1 aliphatic rings. The number of methoxy groups -OCH3 is 1. The molecular weight excluding hydrogens is 374 g/mol. The minimum Gasteiger partial charge on any atom is -0.476 e. The summed E-state index contributed by atoms with van der Waals surface area (Å²) in [6, 6.07) is 7.08. The SMILES string of the molecule is CCc1[nH]c(C(=O)N2C[C@H](C(=O)N(C)C)Oc3ccccc32)c(C)c1C(=O)OC. The molecule has 1 atom stereocenters. The molecule has 0 saturated carbocycles. The molecule has 0 saturated heterocycles. The van der Waals surface area contributed by atoms with E-state index in [4.69, 9.17) is 9.47 Å². The zero-order valence-electron chi connectivity index (χ0n) is 17.2. The van der Waals surface area contributed by atoms with E-state index in [1.165, 1.54) is 16.9 Å². The molecule has 0 radical (unpaired) electrons. The van der Waals surface area contributed by atoms with Crippen molar-refractivity contribution in [1.82, 2.24) is 9.88 Å². The maximum atomic E-state index is 13.5. The molecule has 29 heavy (non-hydrogen) atoms. The third-order valence-corrected chi connectivity index (χ3v) is 5.02. The summed E-state index contributed by atoms with van der Waals surface area (Å²) >= 11 is 0. The van der Waals surface area contributed by atoms with Gasteiger partial charge in [0.2, 0.25) is 0 Å². The van der Waals surface area contributed by atoms with Crippen LogP contribution in [0.3, 0.4) is 0 Å². The molecule has 0 aliphatic carbocycles. The second-order valence-corrected chi connectivity index (χ2v) is 7.05. The number of aromatic amines is 1. The Bertz CT molecular complexity index is 963. The van der Waals surface area contributed by atoms with Gasteiger partial charge in [-0.15, -0.1) is 0 Å². The first kappa shape index (κ1) is 20.4. The van der Waals surface area contributed by atoms with E-state index in [2.05, 4.69) is 4.98 Å². The average molecular weight is 399 g/mol. The van der Waals surface area contributed by atoms with Crippen molar-refractivity contribution >= 4 is 23.5 Å². The number of aryl methyl sites for hydroxylation is 1. The number of fused-ring (bicyclic) bond motifs is 1. The number of H-pyrrole nitrogens is 1. The number of carbonyl (C=O) groups excluding carboxylic acids is 3. The second kappa shape index (κ2) is 7.98. The third-order valence-electron chi connectivity index (χ3n) is 5.02. The van der Waals surface area contributed by atoms with Crippen molar-refractivity contribution in [3.05, 3.63) is 46.8 Å². The molecule has 0 unspecified atom stereocenters. The van der Waals surface area contributed by atoms with Crippen LogP contribution in [0.2, 0.25) is 0 Å². The number of hydrogen-bond acceptors (Lipinski definition) is 5. The van der Waals surface area contributed by atoms with Crippen molar-refractivity contribution in [2.45, 2.75) is 26.4 Å². The molecule has 1 N–H and O–H groups in total. The average Bonchev–Trinajstić information content (AvgIpc) is 3.07. The monoisotopic (exact) mass is 399 g/mol. The largest absolute Gasteiger partial charge is 0.476 e. The number of hydrogen-bond donors (Lipinski definition) is 1. The van der Waals surface area contributed by atoms with Gasteiger partial charge in [-0.2, -0.15) is 0 Å². The Kier molecular flexibility index (Phi) is 5.63. The van der Waals surface area contributed by atoms with E-state index >= 15 is 0 Å². The van der Waals surface area contributed by atoms with E-state index in [0.717, 1.165) is 0 Å². The Labute approximate surface area is 169 Å². The number of carbonyl (C=O) groups is 3. The number of benzene rings is 1. The molecule has 8 nitrogen and oxygen atoms in total. The lowest BCUT2D eigenvalue weighted by Crippen LogP contribution is -2.50. The van der Waals surface area contributed by atoms with Crippen molar-refractivity contribution < 1.29 is 23.9 Å². The number of likely N-dealkylation sites (N-methyl/N-ethyl adjacent to an activating group) is 1. The molecule has 154 valence electrons. The van der Waals surface area contributed by atoms with Gasteiger partial charge in [0.25, 0.3) is 11.8 Å². The molecule has 2 amide bonds. The summed E-state index contributed by atoms with van der Waals surface area (Å²) in [7, 11) is 4.60. The molecule has 1 aromatic heterocycles. The topological polar surface area (TPSA) is 91.9 Å². The quantitative estimate of drug-likeness (QED) is 0.796. The van der Waals surface area contributed by atoms with Crippen LogP contribution in [0.1, 0.15) is 39.0 Å². The fraction of sp³-hybridized carbons (Fsp3) is 0.381. The van der Waals surface area contributed by atoms with Crippen LogP contribution in [-0.2, 0) is 16.0 Å². The smallest absolute Gasteiger partial charge is 0.339 e. The minimum atomic E-state index is -0.815. The predicted octanol–water partition coefficient (Wildman–Crippen LogP) is 2.17. The molecule has 0 bridgehead atoms. The van der Waals surface area contributed by atoms with E-state index in [-0.39, 0.29) is 18.4 Å². The van der Waals surface area contributed by atoms with E-state index in [9.17, 15) is 14.4 Å². The number of anilines is 1. The minimum absolute atomic E-state index is 0.0698. The van der Waals surface area contributed by atoms with Gasteiger partial charge in [-0.05, 0) is 31.0 Å². The summed E-state index contributed by atoms with van der Waals surface area (Å²) < 4.78 is 10.7. The summed E-state index contributed by atoms with van der Waals surface area (Å²) in [6.45, 7) is 3.67. The van der Waals surface area contributed by atoms with Gasteiger partial charge >= 0.3 is 5.97 Å². The van der Waals surface area contributed by atoms with Crippen molar-refractivity contribution in [2.75, 3.05) is 32.6 Å². The third kappa shape index (κ3) is 3.57. The molecule has 1 aromatic carbocycles. The molecule has 1 aliphatic heterocycles. The first-order chi connectivity index (χ1) is 13.8. The van der Waals surface area contributed by atoms with E-state index < -0.39 is 12.1 Å². The number of amides is 2. The lowest BCUT2D eigenvalue weighted by Gasteiger charge is -2.35. The van der Waals surface area contributed by atoms with Crippen LogP contribution < -0.4 is 9.64 Å². The molecular formula is C21H25N3O5. The zero-order chi connectivity index (χ0) is 21.3. The summed E-state index contributed by atoms with van der Waals surface area (Å²) in [5, 5.41) is 0. The molecule has 2 aromatic rings. The van der Waals surface area contributed by atoms with Crippen molar-refractivity contribution in [3.8, 4) is 5.75 Å². The van der Waals surface area contributed by atoms with Gasteiger partial charge in [-0.3, -0.25) is 14.5 Å². The lowest BCUT2D eigenvalue weighted by molar-refractivity contribution is -0.135. The fourth-order valence-corrected chi connectivity index (χ4v) is 3.49. The van der Waals surface area contributed by atoms with Gasteiger partial charge in [-0.25, -0.2) is 4.79 Å². The molecule has 2 heterocycles. The molecule has 0 spiro atoms. The summed E-state index contributed by atoms with van der Waals surface area (Å²) in [4.78, 5) is 44.2. The van der Waals surface area contributed by atoms with Crippen LogP contribution in [-0.4, -0.2) is 61.5 Å². The first-order valence-corrected chi connectivity index (χ1v) is 9.38.